The van der Waals surface area contributed by atoms with Gasteiger partial charge in [0, 0.05) is 0 Å². The zero-order valence-corrected chi connectivity index (χ0v) is 16.1. The molecule has 0 radical (unpaired) electrons. The second kappa shape index (κ2) is 9.52. The lowest BCUT2D eigenvalue weighted by Crippen LogP contribution is -2.22. The highest BCUT2D eigenvalue weighted by Gasteiger charge is 2.14. The number of carbonyl (C=O) groups excluding carboxylic acids is 3. The topological polar surface area (TPSA) is 108 Å². The molecule has 0 saturated heterocycles. The fourth-order valence-corrected chi connectivity index (χ4v) is 3.21. The average molecular weight is 410 g/mol. The molecule has 0 unspecified atom stereocenters. The van der Waals surface area contributed by atoms with Crippen LogP contribution in [0.4, 0.5) is 5.00 Å². The number of primary amides is 1. The van der Waals surface area contributed by atoms with Gasteiger partial charge in [0.2, 0.25) is 0 Å². The number of hydrogen-bond acceptors (Lipinski definition) is 6. The normalized spacial score (nSPS) is 10.2. The molecule has 1 aromatic heterocycles. The molecule has 3 rings (SSSR count). The maximum Gasteiger partial charge on any atom is 0.338 e. The van der Waals surface area contributed by atoms with E-state index >= 15 is 0 Å². The van der Waals surface area contributed by atoms with Crippen molar-refractivity contribution in [1.82, 2.24) is 0 Å². The van der Waals surface area contributed by atoms with Crippen molar-refractivity contribution in [3.63, 3.8) is 0 Å². The Hall–Kier alpha value is -3.65. The van der Waals surface area contributed by atoms with E-state index in [1.54, 1.807) is 29.6 Å². The van der Waals surface area contributed by atoms with Gasteiger partial charge in [-0.3, -0.25) is 9.59 Å². The van der Waals surface area contributed by atoms with Gasteiger partial charge in [0.25, 0.3) is 11.8 Å². The third-order valence-corrected chi connectivity index (χ3v) is 4.69. The van der Waals surface area contributed by atoms with Crippen molar-refractivity contribution in [3.05, 3.63) is 82.7 Å². The number of ether oxygens (including phenoxy) is 2. The van der Waals surface area contributed by atoms with Crippen molar-refractivity contribution < 1.29 is 23.9 Å². The molecule has 29 heavy (non-hydrogen) atoms. The predicted molar refractivity (Wildman–Crippen MR) is 109 cm³/mol. The van der Waals surface area contributed by atoms with E-state index < -0.39 is 24.4 Å². The first-order valence-corrected chi connectivity index (χ1v) is 9.52. The molecule has 0 spiro atoms. The van der Waals surface area contributed by atoms with E-state index in [0.29, 0.717) is 17.2 Å². The van der Waals surface area contributed by atoms with Gasteiger partial charge in [0.05, 0.1) is 11.1 Å². The van der Waals surface area contributed by atoms with Crippen LogP contribution in [0.2, 0.25) is 0 Å². The summed E-state index contributed by atoms with van der Waals surface area (Å²) in [6.07, 6.45) is 0. The molecule has 0 aliphatic heterocycles. The Kier molecular flexibility index (Phi) is 6.59. The molecule has 0 fully saturated rings. The van der Waals surface area contributed by atoms with Crippen LogP contribution in [0, 0.1) is 0 Å². The van der Waals surface area contributed by atoms with E-state index in [9.17, 15) is 14.4 Å². The van der Waals surface area contributed by atoms with Gasteiger partial charge in [-0.25, -0.2) is 4.79 Å². The molecular weight excluding hydrogens is 392 g/mol. The Bertz CT molecular complexity index is 999. The van der Waals surface area contributed by atoms with Gasteiger partial charge in [0.1, 0.15) is 17.4 Å². The fraction of sp³-hybridized carbons (Fsp3) is 0.0952. The summed E-state index contributed by atoms with van der Waals surface area (Å²) in [6, 6.07) is 17.6. The molecule has 0 atom stereocenters. The lowest BCUT2D eigenvalue weighted by molar-refractivity contribution is -0.119. The summed E-state index contributed by atoms with van der Waals surface area (Å²) in [5, 5.41) is 4.46. The van der Waals surface area contributed by atoms with Gasteiger partial charge in [-0.15, -0.1) is 11.3 Å². The molecular formula is C21H18N2O5S. The summed E-state index contributed by atoms with van der Waals surface area (Å²) in [7, 11) is 0. The molecule has 2 aromatic carbocycles. The Balaban J connectivity index is 1.48. The van der Waals surface area contributed by atoms with E-state index in [2.05, 4.69) is 5.32 Å². The van der Waals surface area contributed by atoms with E-state index in [-0.39, 0.29) is 5.56 Å². The Morgan fingerprint density at radius 1 is 0.966 bits per heavy atom. The molecule has 1 heterocycles. The molecule has 2 amide bonds. The van der Waals surface area contributed by atoms with Crippen molar-refractivity contribution in [2.75, 3.05) is 11.9 Å². The first-order chi connectivity index (χ1) is 14.0. The monoisotopic (exact) mass is 410 g/mol. The van der Waals surface area contributed by atoms with Crippen LogP contribution >= 0.6 is 11.3 Å². The summed E-state index contributed by atoms with van der Waals surface area (Å²) in [4.78, 5) is 35.3. The van der Waals surface area contributed by atoms with Crippen LogP contribution in [-0.4, -0.2) is 24.4 Å². The molecule has 3 N–H and O–H groups in total. The predicted octanol–water partition coefficient (Wildman–Crippen LogP) is 3.22. The standard InChI is InChI=1S/C21H18N2O5S/c22-19(25)17-10-11-29-20(17)23-18(24)13-28-21(26)15-8-6-14(7-9-15)12-27-16-4-2-1-3-5-16/h1-11H,12-13H2,(H2,22,25)(H,23,24). The molecule has 8 heteroatoms. The number of nitrogens with two attached hydrogens (primary N) is 1. The minimum atomic E-state index is -0.644. The van der Waals surface area contributed by atoms with Crippen molar-refractivity contribution in [2.45, 2.75) is 6.61 Å². The summed E-state index contributed by atoms with van der Waals surface area (Å²) >= 11 is 1.16. The van der Waals surface area contributed by atoms with Gasteiger partial charge in [0.15, 0.2) is 6.61 Å². The fourth-order valence-electron chi connectivity index (χ4n) is 2.40. The number of amides is 2. The molecule has 3 aromatic rings. The van der Waals surface area contributed by atoms with E-state index in [1.165, 1.54) is 6.07 Å². The lowest BCUT2D eigenvalue weighted by Gasteiger charge is -2.08. The van der Waals surface area contributed by atoms with Crippen LogP contribution in [-0.2, 0) is 16.1 Å². The number of anilines is 1. The molecule has 0 bridgehead atoms. The summed E-state index contributed by atoms with van der Waals surface area (Å²) in [6.45, 7) is -0.113. The van der Waals surface area contributed by atoms with Crippen LogP contribution < -0.4 is 15.8 Å². The minimum Gasteiger partial charge on any atom is -0.489 e. The van der Waals surface area contributed by atoms with Gasteiger partial charge in [-0.2, -0.15) is 0 Å². The van der Waals surface area contributed by atoms with E-state index in [0.717, 1.165) is 22.6 Å². The number of hydrogen-bond donors (Lipinski definition) is 2. The van der Waals surface area contributed by atoms with Crippen molar-refractivity contribution in [1.29, 1.82) is 0 Å². The lowest BCUT2D eigenvalue weighted by atomic mass is 10.1. The third-order valence-electron chi connectivity index (χ3n) is 3.86. The highest BCUT2D eigenvalue weighted by Crippen LogP contribution is 2.22. The molecule has 148 valence electrons. The van der Waals surface area contributed by atoms with Crippen molar-refractivity contribution in [3.8, 4) is 5.75 Å². The van der Waals surface area contributed by atoms with Crippen LogP contribution in [0.5, 0.6) is 5.75 Å². The zero-order valence-electron chi connectivity index (χ0n) is 15.3. The second-order valence-corrected chi connectivity index (χ2v) is 6.87. The van der Waals surface area contributed by atoms with Crippen LogP contribution in [0.15, 0.2) is 66.0 Å². The van der Waals surface area contributed by atoms with E-state index in [1.807, 2.05) is 30.3 Å². The number of thiophene rings is 1. The summed E-state index contributed by atoms with van der Waals surface area (Å²) in [5.41, 5.74) is 6.64. The number of rotatable bonds is 8. The van der Waals surface area contributed by atoms with Crippen LogP contribution in [0.1, 0.15) is 26.3 Å². The smallest absolute Gasteiger partial charge is 0.338 e. The molecule has 0 aliphatic rings. The highest BCUT2D eigenvalue weighted by atomic mass is 32.1. The number of esters is 1. The maximum absolute atomic E-state index is 12.1. The third kappa shape index (κ3) is 5.66. The number of carbonyl (C=O) groups is 3. The van der Waals surface area contributed by atoms with E-state index in [4.69, 9.17) is 15.2 Å². The Morgan fingerprint density at radius 2 is 1.69 bits per heavy atom. The molecule has 7 nitrogen and oxygen atoms in total. The Morgan fingerprint density at radius 3 is 2.38 bits per heavy atom. The van der Waals surface area contributed by atoms with Crippen molar-refractivity contribution >= 4 is 34.1 Å². The average Bonchev–Trinajstić information content (AvgIpc) is 3.20. The number of nitrogens with one attached hydrogen (secondary N) is 1. The van der Waals surface area contributed by atoms with Gasteiger partial charge >= 0.3 is 5.97 Å². The molecule has 0 saturated carbocycles. The Labute approximate surface area is 171 Å². The quantitative estimate of drug-likeness (QED) is 0.555. The summed E-state index contributed by atoms with van der Waals surface area (Å²) < 4.78 is 10.7. The minimum absolute atomic E-state index is 0.211. The summed E-state index contributed by atoms with van der Waals surface area (Å²) in [5.74, 6) is -1.07. The van der Waals surface area contributed by atoms with Crippen molar-refractivity contribution in [2.24, 2.45) is 5.73 Å². The number of para-hydroxylation sites is 1. The molecule has 0 aliphatic carbocycles. The zero-order chi connectivity index (χ0) is 20.6. The van der Waals surface area contributed by atoms with Gasteiger partial charge in [-0.05, 0) is 41.3 Å². The maximum atomic E-state index is 12.1. The first kappa shape index (κ1) is 20.1. The van der Waals surface area contributed by atoms with Gasteiger partial charge < -0.3 is 20.5 Å². The van der Waals surface area contributed by atoms with Crippen LogP contribution in [0.25, 0.3) is 0 Å². The largest absolute Gasteiger partial charge is 0.489 e. The van der Waals surface area contributed by atoms with Crippen LogP contribution in [0.3, 0.4) is 0 Å². The number of benzene rings is 2. The second-order valence-electron chi connectivity index (χ2n) is 5.95. The van der Waals surface area contributed by atoms with Gasteiger partial charge in [-0.1, -0.05) is 30.3 Å². The highest BCUT2D eigenvalue weighted by molar-refractivity contribution is 7.14. The first-order valence-electron chi connectivity index (χ1n) is 8.64. The SMILES string of the molecule is NC(=O)c1ccsc1NC(=O)COC(=O)c1ccc(COc2ccccc2)cc1.